The molecule has 0 fully saturated rings. The number of rotatable bonds is 10. The Morgan fingerprint density at radius 2 is 1.41 bits per heavy atom. The van der Waals surface area contributed by atoms with Gasteiger partial charge < -0.3 is 25.8 Å². The molecule has 17 heteroatoms. The van der Waals surface area contributed by atoms with Crippen LogP contribution in [0.4, 0.5) is 28.4 Å². The highest BCUT2D eigenvalue weighted by atomic mass is 32.2. The van der Waals surface area contributed by atoms with Gasteiger partial charge in [0.15, 0.2) is 5.75 Å². The summed E-state index contributed by atoms with van der Waals surface area (Å²) in [4.78, 5) is -1.21. The van der Waals surface area contributed by atoms with Crippen molar-refractivity contribution in [3.8, 4) is 11.5 Å². The second kappa shape index (κ2) is 12.8. The van der Waals surface area contributed by atoms with Gasteiger partial charge in [0.05, 0.1) is 28.6 Å². The van der Waals surface area contributed by atoms with Gasteiger partial charge in [-0.15, -0.1) is 15.3 Å². The monoisotopic (exact) mass is 667 g/mol. The fraction of sp³-hybridized carbons (Fsp3) is 0.103. The van der Waals surface area contributed by atoms with Gasteiger partial charge in [0.1, 0.15) is 29.0 Å². The summed E-state index contributed by atoms with van der Waals surface area (Å²) in [5, 5.41) is 46.4. The van der Waals surface area contributed by atoms with E-state index in [1.165, 1.54) is 36.4 Å². The van der Waals surface area contributed by atoms with Crippen LogP contribution in [0.2, 0.25) is 0 Å². The number of benzene rings is 5. The number of anilines is 1. The van der Waals surface area contributed by atoms with Crippen LogP contribution in [-0.2, 0) is 20.2 Å². The van der Waals surface area contributed by atoms with Crippen LogP contribution in [-0.4, -0.2) is 60.6 Å². The predicted octanol–water partition coefficient (Wildman–Crippen LogP) is 5.34. The second-order valence-corrected chi connectivity index (χ2v) is 12.7. The van der Waals surface area contributed by atoms with Crippen LogP contribution in [0.1, 0.15) is 0 Å². The molecule has 0 bridgehead atoms. The average molecular weight is 668 g/mol. The molecule has 0 aliphatic carbocycles. The first-order valence-electron chi connectivity index (χ1n) is 13.2. The Morgan fingerprint density at radius 3 is 2.07 bits per heavy atom. The summed E-state index contributed by atoms with van der Waals surface area (Å²) in [7, 11) is -9.55. The molecule has 0 radical (unpaired) electrons. The van der Waals surface area contributed by atoms with Crippen molar-refractivity contribution in [3.05, 3.63) is 78.9 Å². The van der Waals surface area contributed by atoms with Crippen LogP contribution in [0.25, 0.3) is 21.5 Å². The molecular formula is C29H25N5O10S2. The first-order chi connectivity index (χ1) is 21.7. The lowest BCUT2D eigenvalue weighted by Gasteiger charge is -2.10. The number of aliphatic hydroxyl groups excluding tert-OH is 2. The molecule has 0 heterocycles. The van der Waals surface area contributed by atoms with E-state index < -0.39 is 54.2 Å². The quantitative estimate of drug-likeness (QED) is 0.0629. The highest BCUT2D eigenvalue weighted by molar-refractivity contribution is 7.86. The minimum absolute atomic E-state index is 0.0145. The lowest BCUT2D eigenvalue weighted by molar-refractivity contribution is 0.0536. The van der Waals surface area contributed by atoms with E-state index >= 15 is 0 Å². The van der Waals surface area contributed by atoms with Gasteiger partial charge in [-0.1, -0.05) is 12.1 Å². The summed E-state index contributed by atoms with van der Waals surface area (Å²) in [6, 6.07) is 18.2. The van der Waals surface area contributed by atoms with Crippen molar-refractivity contribution in [2.75, 3.05) is 18.9 Å². The third-order valence-corrected chi connectivity index (χ3v) is 8.33. The minimum Gasteiger partial charge on any atom is -0.505 e. The van der Waals surface area contributed by atoms with Gasteiger partial charge in [-0.25, -0.2) is 0 Å². The van der Waals surface area contributed by atoms with E-state index in [2.05, 4.69) is 20.5 Å². The molecule has 1 atom stereocenters. The van der Waals surface area contributed by atoms with E-state index in [4.69, 9.17) is 15.6 Å². The summed E-state index contributed by atoms with van der Waals surface area (Å²) in [5.41, 5.74) is 6.13. The normalized spacial score (nSPS) is 13.2. The molecule has 1 unspecified atom stereocenters. The standard InChI is InChI=1S/C29H25N5O10S2/c30-17-2-1-16-11-27(46(41,42)43)28(29(37)23(16)12-17)34-33-26-10-9-25(22-8-7-21(13-24(22)26)45(38,39)40)32-31-18-3-5-20(6-4-18)44-15-19(36)14-35/h1-13,19,35-37H,14-15,30H2,(H,38,39,40)(H,41,42,43). The van der Waals surface area contributed by atoms with Crippen molar-refractivity contribution in [2.24, 2.45) is 20.5 Å². The SMILES string of the molecule is Nc1ccc2cc(S(=O)(=O)O)c(N=Nc3ccc(N=Nc4ccc(OCC(O)CO)cc4)c4ccc(S(=O)(=O)O)cc34)c(O)c2c1. The van der Waals surface area contributed by atoms with Crippen LogP contribution >= 0.6 is 0 Å². The van der Waals surface area contributed by atoms with Gasteiger partial charge in [0.25, 0.3) is 20.2 Å². The molecule has 0 saturated heterocycles. The maximum Gasteiger partial charge on any atom is 0.296 e. The highest BCUT2D eigenvalue weighted by Gasteiger charge is 2.22. The van der Waals surface area contributed by atoms with Crippen molar-refractivity contribution in [3.63, 3.8) is 0 Å². The Kier molecular flexibility index (Phi) is 8.97. The molecule has 0 aliphatic heterocycles. The number of nitrogens with two attached hydrogens (primary N) is 1. The van der Waals surface area contributed by atoms with E-state index in [1.807, 2.05) is 0 Å². The largest absolute Gasteiger partial charge is 0.505 e. The highest BCUT2D eigenvalue weighted by Crippen LogP contribution is 2.43. The molecule has 7 N–H and O–H groups in total. The molecule has 0 spiro atoms. The first-order valence-corrected chi connectivity index (χ1v) is 16.0. The van der Waals surface area contributed by atoms with Crippen molar-refractivity contribution in [1.82, 2.24) is 0 Å². The van der Waals surface area contributed by atoms with Crippen molar-refractivity contribution >= 4 is 70.2 Å². The van der Waals surface area contributed by atoms with E-state index in [-0.39, 0.29) is 39.8 Å². The summed E-state index contributed by atoms with van der Waals surface area (Å²) in [6.45, 7) is -0.552. The maximum atomic E-state index is 12.2. The van der Waals surface area contributed by atoms with Gasteiger partial charge >= 0.3 is 0 Å². The number of phenols is 1. The smallest absolute Gasteiger partial charge is 0.296 e. The van der Waals surface area contributed by atoms with E-state index in [1.54, 1.807) is 24.3 Å². The summed E-state index contributed by atoms with van der Waals surface area (Å²) in [6.07, 6.45) is -1.03. The molecule has 0 aromatic heterocycles. The lowest BCUT2D eigenvalue weighted by Crippen LogP contribution is -2.21. The summed E-state index contributed by atoms with van der Waals surface area (Å²) < 4.78 is 73.1. The molecule has 0 saturated carbocycles. The van der Waals surface area contributed by atoms with Crippen molar-refractivity contribution < 1.29 is 46.0 Å². The Hall–Kier alpha value is -5.04. The van der Waals surface area contributed by atoms with Crippen LogP contribution in [0.15, 0.2) is 109 Å². The van der Waals surface area contributed by atoms with Crippen LogP contribution in [0.3, 0.4) is 0 Å². The number of ether oxygens (including phenoxy) is 1. The fourth-order valence-electron chi connectivity index (χ4n) is 4.35. The summed E-state index contributed by atoms with van der Waals surface area (Å²) in [5.74, 6) is -0.210. The second-order valence-electron chi connectivity index (χ2n) is 9.86. The summed E-state index contributed by atoms with van der Waals surface area (Å²) >= 11 is 0. The molecule has 5 aromatic carbocycles. The van der Waals surface area contributed by atoms with Crippen molar-refractivity contribution in [2.45, 2.75) is 15.9 Å². The third-order valence-electron chi connectivity index (χ3n) is 6.62. The third kappa shape index (κ3) is 7.09. The van der Waals surface area contributed by atoms with Gasteiger partial charge in [-0.05, 0) is 72.1 Å². The van der Waals surface area contributed by atoms with Gasteiger partial charge in [-0.2, -0.15) is 21.9 Å². The molecule has 15 nitrogen and oxygen atoms in total. The van der Waals surface area contributed by atoms with Crippen LogP contribution in [0, 0.1) is 0 Å². The lowest BCUT2D eigenvalue weighted by atomic mass is 10.1. The minimum atomic E-state index is -4.90. The number of aliphatic hydroxyl groups is 2. The molecule has 5 aromatic rings. The Balaban J connectivity index is 1.58. The number of fused-ring (bicyclic) bond motifs is 2. The van der Waals surface area contributed by atoms with Crippen molar-refractivity contribution in [1.29, 1.82) is 0 Å². The zero-order chi connectivity index (χ0) is 33.2. The molecular weight excluding hydrogens is 642 g/mol. The van der Waals surface area contributed by atoms with Crippen LogP contribution < -0.4 is 10.5 Å². The first kappa shape index (κ1) is 32.4. The van der Waals surface area contributed by atoms with E-state index in [9.17, 15) is 36.2 Å². The Labute approximate surface area is 261 Å². The van der Waals surface area contributed by atoms with Gasteiger partial charge in [-0.3, -0.25) is 9.11 Å². The number of nitrogens with zero attached hydrogens (tertiary/aromatic N) is 4. The van der Waals surface area contributed by atoms with E-state index in [0.29, 0.717) is 16.8 Å². The number of phenolic OH excluding ortho intramolecular Hbond substituents is 1. The molecule has 0 aliphatic rings. The topological polar surface area (TPSA) is 254 Å². The number of aromatic hydroxyl groups is 1. The maximum absolute atomic E-state index is 12.2. The fourth-order valence-corrected chi connectivity index (χ4v) is 5.52. The molecule has 46 heavy (non-hydrogen) atoms. The van der Waals surface area contributed by atoms with Gasteiger partial charge in [0.2, 0.25) is 0 Å². The molecule has 0 amide bonds. The van der Waals surface area contributed by atoms with Gasteiger partial charge in [0, 0.05) is 21.8 Å². The molecule has 5 rings (SSSR count). The number of hydrogen-bond donors (Lipinski definition) is 6. The Morgan fingerprint density at radius 1 is 0.739 bits per heavy atom. The predicted molar refractivity (Wildman–Crippen MR) is 167 cm³/mol. The number of hydrogen-bond acceptors (Lipinski definition) is 13. The zero-order valence-electron chi connectivity index (χ0n) is 23.5. The molecule has 238 valence electrons. The van der Waals surface area contributed by atoms with Crippen LogP contribution in [0.5, 0.6) is 11.5 Å². The Bertz CT molecular complexity index is 2240. The van der Waals surface area contributed by atoms with E-state index in [0.717, 1.165) is 18.2 Å². The zero-order valence-corrected chi connectivity index (χ0v) is 25.1. The number of azo groups is 2. The number of nitrogen functional groups attached to an aromatic ring is 1. The average Bonchev–Trinajstić information content (AvgIpc) is 3.01.